The summed E-state index contributed by atoms with van der Waals surface area (Å²) < 4.78 is 1.93. The van der Waals surface area contributed by atoms with Gasteiger partial charge in [-0.05, 0) is 66.0 Å². The molecule has 31 heavy (non-hydrogen) atoms. The number of fused-ring (bicyclic) bond motifs is 2. The molecule has 3 aliphatic rings. The van der Waals surface area contributed by atoms with E-state index in [0.29, 0.717) is 10.8 Å². The van der Waals surface area contributed by atoms with Crippen molar-refractivity contribution in [3.63, 3.8) is 0 Å². The van der Waals surface area contributed by atoms with Crippen molar-refractivity contribution >= 4 is 11.5 Å². The lowest BCUT2D eigenvalue weighted by Gasteiger charge is -2.32. The zero-order valence-corrected chi connectivity index (χ0v) is 18.9. The van der Waals surface area contributed by atoms with Crippen molar-refractivity contribution < 1.29 is 0 Å². The van der Waals surface area contributed by atoms with Crippen molar-refractivity contribution in [2.24, 2.45) is 5.41 Å². The van der Waals surface area contributed by atoms with E-state index in [0.717, 1.165) is 36.8 Å². The normalized spacial score (nSPS) is 21.8. The Kier molecular flexibility index (Phi) is 4.38. The largest absolute Gasteiger partial charge is 0.353 e. The van der Waals surface area contributed by atoms with Crippen LogP contribution in [0.3, 0.4) is 0 Å². The summed E-state index contributed by atoms with van der Waals surface area (Å²) in [5, 5.41) is 4.81. The molecule has 0 bridgehead atoms. The van der Waals surface area contributed by atoms with Crippen molar-refractivity contribution in [2.75, 3.05) is 18.0 Å². The van der Waals surface area contributed by atoms with Crippen LogP contribution < -0.4 is 4.90 Å². The van der Waals surface area contributed by atoms with Crippen LogP contribution in [0.2, 0.25) is 0 Å². The molecule has 0 N–H and O–H groups in total. The third-order valence-electron chi connectivity index (χ3n) is 8.19. The fourth-order valence-corrected chi connectivity index (χ4v) is 6.46. The van der Waals surface area contributed by atoms with Gasteiger partial charge in [0.15, 0.2) is 17.3 Å². The number of aromatic nitrogens is 4. The smallest absolute Gasteiger partial charge is 0.198 e. The summed E-state index contributed by atoms with van der Waals surface area (Å²) in [6.07, 6.45) is 15.2. The second-order valence-electron chi connectivity index (χ2n) is 10.8. The van der Waals surface area contributed by atoms with E-state index in [1.165, 1.54) is 68.1 Å². The van der Waals surface area contributed by atoms with Gasteiger partial charge in [-0.15, -0.1) is 0 Å². The Morgan fingerprint density at radius 2 is 1.90 bits per heavy atom. The van der Waals surface area contributed by atoms with Gasteiger partial charge in [-0.1, -0.05) is 44.9 Å². The van der Waals surface area contributed by atoms with Crippen molar-refractivity contribution in [1.82, 2.24) is 19.6 Å². The molecule has 5 nitrogen and oxygen atoms in total. The van der Waals surface area contributed by atoms with Crippen LogP contribution in [0, 0.1) is 5.41 Å². The molecule has 1 saturated heterocycles. The van der Waals surface area contributed by atoms with Crippen molar-refractivity contribution in [1.29, 1.82) is 0 Å². The molecule has 1 aromatic carbocycles. The lowest BCUT2D eigenvalue weighted by Crippen LogP contribution is -2.26. The number of anilines is 1. The van der Waals surface area contributed by atoms with Crippen LogP contribution in [0.4, 0.5) is 5.82 Å². The van der Waals surface area contributed by atoms with Crippen molar-refractivity contribution in [2.45, 2.75) is 77.0 Å². The predicted octanol–water partition coefficient (Wildman–Crippen LogP) is 5.10. The Labute approximate surface area is 184 Å². The Bertz CT molecular complexity index is 1120. The maximum atomic E-state index is 4.96. The highest BCUT2D eigenvalue weighted by molar-refractivity contribution is 5.64. The average Bonchev–Trinajstić information content (AvgIpc) is 3.48. The number of aryl methyl sites for hydroxylation is 1. The molecule has 5 heteroatoms. The second-order valence-corrected chi connectivity index (χ2v) is 10.8. The molecule has 3 heterocycles. The van der Waals surface area contributed by atoms with Crippen molar-refractivity contribution in [3.8, 4) is 0 Å². The van der Waals surface area contributed by atoms with Gasteiger partial charge in [0.25, 0.3) is 0 Å². The van der Waals surface area contributed by atoms with Crippen LogP contribution in [-0.4, -0.2) is 32.7 Å². The summed E-state index contributed by atoms with van der Waals surface area (Å²) in [6, 6.07) is 7.02. The standard InChI is InChI=1S/C26H33N5/c1-25(2)9-5-6-20-16-19(7-8-21(20)25)17-22-28-24-23(27-13-15-31(24)29-22)30-14-12-26(18-30)10-3-4-11-26/h7-8,13,15-16H,3-6,9-12,14,17-18H2,1-2H3. The maximum absolute atomic E-state index is 4.96. The topological polar surface area (TPSA) is 46.3 Å². The van der Waals surface area contributed by atoms with E-state index in [4.69, 9.17) is 15.1 Å². The minimum Gasteiger partial charge on any atom is -0.353 e. The summed E-state index contributed by atoms with van der Waals surface area (Å²) in [4.78, 5) is 12.2. The Hall–Kier alpha value is -2.43. The van der Waals surface area contributed by atoms with Gasteiger partial charge in [0.1, 0.15) is 0 Å². The zero-order chi connectivity index (χ0) is 21.1. The van der Waals surface area contributed by atoms with Crippen LogP contribution in [0.25, 0.3) is 5.65 Å². The molecule has 2 aromatic heterocycles. The van der Waals surface area contributed by atoms with Crippen LogP contribution in [0.15, 0.2) is 30.6 Å². The van der Waals surface area contributed by atoms with Crippen LogP contribution in [-0.2, 0) is 18.3 Å². The summed E-state index contributed by atoms with van der Waals surface area (Å²) in [6.45, 7) is 6.96. The first kappa shape index (κ1) is 19.3. The van der Waals surface area contributed by atoms with Gasteiger partial charge >= 0.3 is 0 Å². The first-order valence-electron chi connectivity index (χ1n) is 12.1. The van der Waals surface area contributed by atoms with Gasteiger partial charge < -0.3 is 4.90 Å². The van der Waals surface area contributed by atoms with Gasteiger partial charge in [0.2, 0.25) is 0 Å². The molecule has 2 fully saturated rings. The van der Waals surface area contributed by atoms with E-state index in [1.54, 1.807) is 0 Å². The minimum absolute atomic E-state index is 0.292. The van der Waals surface area contributed by atoms with E-state index >= 15 is 0 Å². The van der Waals surface area contributed by atoms with E-state index in [1.807, 2.05) is 16.9 Å². The molecule has 162 valence electrons. The van der Waals surface area contributed by atoms with Gasteiger partial charge in [0.05, 0.1) is 0 Å². The molecule has 2 aliphatic carbocycles. The Balaban J connectivity index is 1.28. The third kappa shape index (κ3) is 3.33. The predicted molar refractivity (Wildman–Crippen MR) is 124 cm³/mol. The van der Waals surface area contributed by atoms with Gasteiger partial charge in [-0.3, -0.25) is 0 Å². The van der Waals surface area contributed by atoms with E-state index in [-0.39, 0.29) is 0 Å². The van der Waals surface area contributed by atoms with E-state index < -0.39 is 0 Å². The number of benzene rings is 1. The molecule has 6 rings (SSSR count). The maximum Gasteiger partial charge on any atom is 0.198 e. The molecule has 0 atom stereocenters. The first-order valence-corrected chi connectivity index (χ1v) is 12.1. The number of nitrogens with zero attached hydrogens (tertiary/aromatic N) is 5. The average molecular weight is 416 g/mol. The number of hydrogen-bond donors (Lipinski definition) is 0. The summed E-state index contributed by atoms with van der Waals surface area (Å²) in [5.41, 5.74) is 6.07. The third-order valence-corrected chi connectivity index (χ3v) is 8.19. The monoisotopic (exact) mass is 415 g/mol. The molecule has 1 spiro atoms. The van der Waals surface area contributed by atoms with E-state index in [2.05, 4.69) is 36.9 Å². The SMILES string of the molecule is CC1(C)CCCc2cc(Cc3nc4c(N5CCC6(CCCC6)C5)nccn4n3)ccc21. The summed E-state index contributed by atoms with van der Waals surface area (Å²) in [5.74, 6) is 1.90. The quantitative estimate of drug-likeness (QED) is 0.597. The number of rotatable bonds is 3. The molecule has 1 aliphatic heterocycles. The lowest BCUT2D eigenvalue weighted by atomic mass is 9.72. The molecule has 0 radical (unpaired) electrons. The second kappa shape index (κ2) is 7.04. The summed E-state index contributed by atoms with van der Waals surface area (Å²) in [7, 11) is 0. The Morgan fingerprint density at radius 1 is 1.03 bits per heavy atom. The number of hydrogen-bond acceptors (Lipinski definition) is 4. The highest BCUT2D eigenvalue weighted by Gasteiger charge is 2.41. The van der Waals surface area contributed by atoms with Crippen LogP contribution in [0.1, 0.15) is 81.3 Å². The molecular formula is C26H33N5. The first-order chi connectivity index (χ1) is 15.0. The van der Waals surface area contributed by atoms with Gasteiger partial charge in [0, 0.05) is 31.9 Å². The van der Waals surface area contributed by atoms with Crippen LogP contribution in [0.5, 0.6) is 0 Å². The highest BCUT2D eigenvalue weighted by Crippen LogP contribution is 2.46. The molecule has 3 aromatic rings. The zero-order valence-electron chi connectivity index (χ0n) is 18.9. The summed E-state index contributed by atoms with van der Waals surface area (Å²) >= 11 is 0. The van der Waals surface area contributed by atoms with Gasteiger partial charge in [-0.2, -0.15) is 5.10 Å². The molecule has 1 saturated carbocycles. The Morgan fingerprint density at radius 3 is 2.77 bits per heavy atom. The minimum atomic E-state index is 0.292. The van der Waals surface area contributed by atoms with Crippen molar-refractivity contribution in [3.05, 3.63) is 53.1 Å². The molecule has 0 unspecified atom stereocenters. The fraction of sp³-hybridized carbons (Fsp3) is 0.577. The van der Waals surface area contributed by atoms with Crippen LogP contribution >= 0.6 is 0 Å². The lowest BCUT2D eigenvalue weighted by molar-refractivity contribution is 0.340. The van der Waals surface area contributed by atoms with E-state index in [9.17, 15) is 0 Å². The highest BCUT2D eigenvalue weighted by atomic mass is 15.3. The molecular weight excluding hydrogens is 382 g/mol. The fourth-order valence-electron chi connectivity index (χ4n) is 6.46. The van der Waals surface area contributed by atoms with Gasteiger partial charge in [-0.25, -0.2) is 14.5 Å². The molecule has 0 amide bonds.